The topological polar surface area (TPSA) is 36.8 Å². The largest absolute Gasteiger partial charge is 1.00 e. The molecule has 0 bridgehead atoms. The lowest BCUT2D eigenvalue weighted by Gasteiger charge is -2.12. The molecule has 0 spiro atoms. The first kappa shape index (κ1) is 12.7. The van der Waals surface area contributed by atoms with Crippen LogP contribution in [0.5, 0.6) is 0 Å². The quantitative estimate of drug-likeness (QED) is 0.564. The van der Waals surface area contributed by atoms with E-state index >= 15 is 0 Å². The summed E-state index contributed by atoms with van der Waals surface area (Å²) >= 11 is 0. The molecule has 1 aromatic rings. The first-order valence-corrected chi connectivity index (χ1v) is 5.01. The van der Waals surface area contributed by atoms with Crippen molar-refractivity contribution in [3.05, 3.63) is 41.6 Å². The molecule has 3 N–H and O–H groups in total. The standard InChI is InChI=1S/C12H15NO.HI/c1-12(14)7-8-13-11(12)9-10-5-3-2-4-6-10;/h2-6,9,13-14H,7-8H2,1H3;1H. The molecule has 1 heterocycles. The monoisotopic (exact) mass is 317 g/mol. The number of hydrogen-bond donors (Lipinski definition) is 2. The molecule has 1 saturated heterocycles. The summed E-state index contributed by atoms with van der Waals surface area (Å²) in [5, 5.41) is 12.1. The van der Waals surface area contributed by atoms with Crippen molar-refractivity contribution >= 4 is 6.08 Å². The summed E-state index contributed by atoms with van der Waals surface area (Å²) < 4.78 is 0. The molecule has 1 unspecified atom stereocenters. The molecule has 82 valence electrons. The smallest absolute Gasteiger partial charge is 0.141 e. The highest BCUT2D eigenvalue weighted by Gasteiger charge is 2.35. The van der Waals surface area contributed by atoms with E-state index in [1.54, 1.807) is 0 Å². The third kappa shape index (κ3) is 3.03. The van der Waals surface area contributed by atoms with Crippen molar-refractivity contribution < 1.29 is 34.4 Å². The summed E-state index contributed by atoms with van der Waals surface area (Å²) in [5.41, 5.74) is 1.57. The second-order valence-corrected chi connectivity index (χ2v) is 4.03. The molecule has 0 saturated carbocycles. The maximum atomic E-state index is 10.0. The number of hydrogen-bond acceptors (Lipinski definition) is 1. The number of nitrogens with two attached hydrogens (primary N) is 1. The van der Waals surface area contributed by atoms with E-state index in [-0.39, 0.29) is 24.0 Å². The van der Waals surface area contributed by atoms with Crippen molar-refractivity contribution in [2.45, 2.75) is 18.9 Å². The molecule has 0 aromatic heterocycles. The maximum Gasteiger partial charge on any atom is 0.141 e. The Hall–Kier alpha value is -0.390. The van der Waals surface area contributed by atoms with E-state index in [1.807, 2.05) is 25.1 Å². The van der Waals surface area contributed by atoms with Crippen molar-refractivity contribution in [1.29, 1.82) is 0 Å². The average Bonchev–Trinajstić information content (AvgIpc) is 2.48. The molecule has 15 heavy (non-hydrogen) atoms. The Morgan fingerprint density at radius 2 is 2.00 bits per heavy atom. The van der Waals surface area contributed by atoms with Crippen molar-refractivity contribution in [3.63, 3.8) is 0 Å². The highest BCUT2D eigenvalue weighted by molar-refractivity contribution is 5.52. The number of quaternary nitrogens is 1. The molecule has 2 nitrogen and oxygen atoms in total. The molecular weight excluding hydrogens is 301 g/mol. The van der Waals surface area contributed by atoms with Crippen molar-refractivity contribution in [2.24, 2.45) is 0 Å². The van der Waals surface area contributed by atoms with Gasteiger partial charge in [0.25, 0.3) is 0 Å². The molecule has 1 aliphatic heterocycles. The van der Waals surface area contributed by atoms with Gasteiger partial charge >= 0.3 is 0 Å². The summed E-state index contributed by atoms with van der Waals surface area (Å²) in [7, 11) is 0. The summed E-state index contributed by atoms with van der Waals surface area (Å²) in [6.45, 7) is 2.86. The van der Waals surface area contributed by atoms with E-state index < -0.39 is 5.60 Å². The van der Waals surface area contributed by atoms with E-state index in [1.165, 1.54) is 0 Å². The van der Waals surface area contributed by atoms with Gasteiger partial charge in [-0.05, 0) is 12.5 Å². The lowest BCUT2D eigenvalue weighted by Crippen LogP contribution is -3.00. The lowest BCUT2D eigenvalue weighted by molar-refractivity contribution is -0.593. The van der Waals surface area contributed by atoms with E-state index in [0.29, 0.717) is 0 Å². The van der Waals surface area contributed by atoms with E-state index in [0.717, 1.165) is 24.2 Å². The van der Waals surface area contributed by atoms with Gasteiger partial charge in [-0.25, -0.2) is 0 Å². The zero-order chi connectivity index (χ0) is 10.0. The Bertz CT molecular complexity index is 346. The minimum absolute atomic E-state index is 0. The van der Waals surface area contributed by atoms with Crippen LogP contribution < -0.4 is 29.3 Å². The normalized spacial score (nSPS) is 27.7. The average molecular weight is 317 g/mol. The third-order valence-corrected chi connectivity index (χ3v) is 2.74. The molecule has 0 aliphatic carbocycles. The molecule has 3 heteroatoms. The minimum Gasteiger partial charge on any atom is -1.00 e. The van der Waals surface area contributed by atoms with Gasteiger partial charge in [-0.1, -0.05) is 30.3 Å². The first-order valence-electron chi connectivity index (χ1n) is 5.01. The van der Waals surface area contributed by atoms with Gasteiger partial charge < -0.3 is 34.4 Å². The van der Waals surface area contributed by atoms with Crippen LogP contribution in [0.15, 0.2) is 36.0 Å². The fourth-order valence-corrected chi connectivity index (χ4v) is 1.82. The van der Waals surface area contributed by atoms with Gasteiger partial charge in [-0.15, -0.1) is 0 Å². The second kappa shape index (κ2) is 5.09. The van der Waals surface area contributed by atoms with Gasteiger partial charge in [-0.3, -0.25) is 0 Å². The van der Waals surface area contributed by atoms with Crippen molar-refractivity contribution in [2.75, 3.05) is 6.54 Å². The molecule has 0 radical (unpaired) electrons. The molecule has 0 amide bonds. The van der Waals surface area contributed by atoms with Crippen molar-refractivity contribution in [1.82, 2.24) is 0 Å². The highest BCUT2D eigenvalue weighted by Crippen LogP contribution is 2.20. The Morgan fingerprint density at radius 3 is 2.53 bits per heavy atom. The highest BCUT2D eigenvalue weighted by atomic mass is 127. The predicted molar refractivity (Wildman–Crippen MR) is 56.5 cm³/mol. The summed E-state index contributed by atoms with van der Waals surface area (Å²) in [6, 6.07) is 10.1. The molecule has 1 fully saturated rings. The van der Waals surface area contributed by atoms with Gasteiger partial charge in [-0.2, -0.15) is 0 Å². The van der Waals surface area contributed by atoms with Crippen LogP contribution in [-0.2, 0) is 0 Å². The van der Waals surface area contributed by atoms with Crippen LogP contribution in [0.1, 0.15) is 18.9 Å². The van der Waals surface area contributed by atoms with E-state index in [4.69, 9.17) is 0 Å². The summed E-state index contributed by atoms with van der Waals surface area (Å²) in [5.74, 6) is 0. The molecule has 1 aliphatic rings. The number of rotatable bonds is 1. The van der Waals surface area contributed by atoms with Crippen LogP contribution in [-0.4, -0.2) is 17.3 Å². The van der Waals surface area contributed by atoms with E-state index in [2.05, 4.69) is 23.5 Å². The molecule has 2 rings (SSSR count). The molecule has 1 atom stereocenters. The van der Waals surface area contributed by atoms with Gasteiger partial charge in [0.05, 0.1) is 6.54 Å². The lowest BCUT2D eigenvalue weighted by atomic mass is 10.0. The van der Waals surface area contributed by atoms with Crippen LogP contribution >= 0.6 is 0 Å². The van der Waals surface area contributed by atoms with Crippen molar-refractivity contribution in [3.8, 4) is 0 Å². The second-order valence-electron chi connectivity index (χ2n) is 4.03. The van der Waals surface area contributed by atoms with Gasteiger partial charge in [0, 0.05) is 12.5 Å². The van der Waals surface area contributed by atoms with E-state index in [9.17, 15) is 5.11 Å². The van der Waals surface area contributed by atoms with Crippen LogP contribution in [0.25, 0.3) is 6.08 Å². The maximum absolute atomic E-state index is 10.0. The first-order chi connectivity index (χ1) is 6.68. The number of benzene rings is 1. The zero-order valence-corrected chi connectivity index (χ0v) is 10.9. The zero-order valence-electron chi connectivity index (χ0n) is 8.78. The van der Waals surface area contributed by atoms with Crippen LogP contribution in [0, 0.1) is 0 Å². The molecular formula is C12H16INO. The third-order valence-electron chi connectivity index (χ3n) is 2.74. The van der Waals surface area contributed by atoms with Crippen LogP contribution in [0.4, 0.5) is 0 Å². The Morgan fingerprint density at radius 1 is 1.33 bits per heavy atom. The Kier molecular flexibility index (Phi) is 4.31. The fraction of sp³-hybridized carbons (Fsp3) is 0.333. The fourth-order valence-electron chi connectivity index (χ4n) is 1.82. The van der Waals surface area contributed by atoms with Crippen LogP contribution in [0.3, 0.4) is 0 Å². The molecule has 1 aromatic carbocycles. The Labute approximate surface area is 107 Å². The van der Waals surface area contributed by atoms with Gasteiger partial charge in [0.15, 0.2) is 0 Å². The predicted octanol–water partition coefficient (Wildman–Crippen LogP) is -2.25. The summed E-state index contributed by atoms with van der Waals surface area (Å²) in [6.07, 6.45) is 2.90. The number of aliphatic hydroxyl groups is 1. The van der Waals surface area contributed by atoms with Crippen LogP contribution in [0.2, 0.25) is 0 Å². The number of halogens is 1. The minimum atomic E-state index is -0.629. The summed E-state index contributed by atoms with van der Waals surface area (Å²) in [4.78, 5) is 0. The SMILES string of the molecule is CC1(O)CC[NH2+]C1=Cc1ccccc1.[I-]. The Balaban J connectivity index is 0.00000112. The van der Waals surface area contributed by atoms with Gasteiger partial charge in [0.2, 0.25) is 0 Å². The van der Waals surface area contributed by atoms with Gasteiger partial charge in [0.1, 0.15) is 11.3 Å².